The van der Waals surface area contributed by atoms with Gasteiger partial charge in [-0.15, -0.1) is 0 Å². The van der Waals surface area contributed by atoms with Gasteiger partial charge in [-0.1, -0.05) is 52.0 Å². The van der Waals surface area contributed by atoms with Crippen molar-refractivity contribution in [3.63, 3.8) is 0 Å². The maximum Gasteiger partial charge on any atom is 0.228 e. The first-order chi connectivity index (χ1) is 9.95. The maximum absolute atomic E-state index is 12.6. The molecular weight excluding hydrogens is 260 g/mol. The predicted octanol–water partition coefficient (Wildman–Crippen LogP) is 3.06. The summed E-state index contributed by atoms with van der Waals surface area (Å²) in [6.45, 7) is 11.0. The molecule has 0 radical (unpaired) electrons. The lowest BCUT2D eigenvalue weighted by atomic mass is 9.75. The van der Waals surface area contributed by atoms with Crippen molar-refractivity contribution >= 4 is 5.91 Å². The smallest absolute Gasteiger partial charge is 0.228 e. The Kier molecular flexibility index (Phi) is 5.04. The van der Waals surface area contributed by atoms with Gasteiger partial charge in [0.25, 0.3) is 0 Å². The highest BCUT2D eigenvalue weighted by atomic mass is 16.2. The second-order valence-corrected chi connectivity index (χ2v) is 6.82. The van der Waals surface area contributed by atoms with Gasteiger partial charge in [0.2, 0.25) is 5.91 Å². The molecule has 1 aromatic carbocycles. The SMILES string of the molecule is CC(C)c1ccc(CNC(=O)C2(C(C)C)CCNC2)cc1. The summed E-state index contributed by atoms with van der Waals surface area (Å²) in [7, 11) is 0. The van der Waals surface area contributed by atoms with Gasteiger partial charge in [-0.05, 0) is 35.9 Å². The molecular formula is C18H28N2O. The lowest BCUT2D eigenvalue weighted by molar-refractivity contribution is -0.132. The molecule has 1 unspecified atom stereocenters. The molecule has 21 heavy (non-hydrogen) atoms. The zero-order chi connectivity index (χ0) is 15.5. The van der Waals surface area contributed by atoms with E-state index in [9.17, 15) is 4.79 Å². The van der Waals surface area contributed by atoms with Crippen LogP contribution in [-0.4, -0.2) is 19.0 Å². The third-order valence-corrected chi connectivity index (χ3v) is 4.85. The molecule has 0 aliphatic carbocycles. The van der Waals surface area contributed by atoms with Gasteiger partial charge in [0.05, 0.1) is 5.41 Å². The maximum atomic E-state index is 12.6. The summed E-state index contributed by atoms with van der Waals surface area (Å²) >= 11 is 0. The Hall–Kier alpha value is -1.35. The molecule has 0 bridgehead atoms. The highest BCUT2D eigenvalue weighted by Crippen LogP contribution is 2.34. The standard InChI is InChI=1S/C18H28N2O/c1-13(2)16-7-5-15(6-8-16)11-20-17(21)18(14(3)4)9-10-19-12-18/h5-8,13-14,19H,9-12H2,1-4H3,(H,20,21). The number of hydrogen-bond acceptors (Lipinski definition) is 2. The first kappa shape index (κ1) is 16.0. The zero-order valence-electron chi connectivity index (χ0n) is 13.7. The highest BCUT2D eigenvalue weighted by molar-refractivity contribution is 5.83. The molecule has 1 aliphatic rings. The molecule has 0 spiro atoms. The number of nitrogens with one attached hydrogen (secondary N) is 2. The van der Waals surface area contributed by atoms with E-state index in [1.54, 1.807) is 0 Å². The number of amides is 1. The van der Waals surface area contributed by atoms with Crippen molar-refractivity contribution in [1.82, 2.24) is 10.6 Å². The molecule has 1 aliphatic heterocycles. The summed E-state index contributed by atoms with van der Waals surface area (Å²) in [5.41, 5.74) is 2.26. The van der Waals surface area contributed by atoms with Crippen molar-refractivity contribution in [3.8, 4) is 0 Å². The Labute approximate surface area is 128 Å². The van der Waals surface area contributed by atoms with Crippen LogP contribution in [-0.2, 0) is 11.3 Å². The Bertz CT molecular complexity index is 470. The summed E-state index contributed by atoms with van der Waals surface area (Å²) in [4.78, 5) is 12.6. The van der Waals surface area contributed by atoms with E-state index in [2.05, 4.69) is 62.6 Å². The fourth-order valence-electron chi connectivity index (χ4n) is 3.04. The van der Waals surface area contributed by atoms with Crippen LogP contribution in [0, 0.1) is 11.3 Å². The molecule has 1 fully saturated rings. The molecule has 1 heterocycles. The average Bonchev–Trinajstić information content (AvgIpc) is 2.96. The molecule has 1 amide bonds. The Morgan fingerprint density at radius 2 is 1.90 bits per heavy atom. The number of carbonyl (C=O) groups excluding carboxylic acids is 1. The van der Waals surface area contributed by atoms with E-state index in [4.69, 9.17) is 0 Å². The Balaban J connectivity index is 1.97. The van der Waals surface area contributed by atoms with Gasteiger partial charge in [-0.25, -0.2) is 0 Å². The third-order valence-electron chi connectivity index (χ3n) is 4.85. The number of benzene rings is 1. The van der Waals surface area contributed by atoms with E-state index in [0.717, 1.165) is 25.1 Å². The summed E-state index contributed by atoms with van der Waals surface area (Å²) in [6, 6.07) is 8.54. The van der Waals surface area contributed by atoms with Gasteiger partial charge in [0.1, 0.15) is 0 Å². The molecule has 3 heteroatoms. The summed E-state index contributed by atoms with van der Waals surface area (Å²) in [5.74, 6) is 1.09. The van der Waals surface area contributed by atoms with Crippen molar-refractivity contribution in [2.24, 2.45) is 11.3 Å². The number of rotatable bonds is 5. The highest BCUT2D eigenvalue weighted by Gasteiger charge is 2.43. The van der Waals surface area contributed by atoms with Crippen molar-refractivity contribution in [2.75, 3.05) is 13.1 Å². The fraction of sp³-hybridized carbons (Fsp3) is 0.611. The van der Waals surface area contributed by atoms with Crippen molar-refractivity contribution in [2.45, 2.75) is 46.6 Å². The fourth-order valence-corrected chi connectivity index (χ4v) is 3.04. The summed E-state index contributed by atoms with van der Waals surface area (Å²) < 4.78 is 0. The van der Waals surface area contributed by atoms with E-state index in [-0.39, 0.29) is 11.3 Å². The predicted molar refractivity (Wildman–Crippen MR) is 87.1 cm³/mol. The van der Waals surface area contributed by atoms with Gasteiger partial charge in [0, 0.05) is 13.1 Å². The van der Waals surface area contributed by atoms with Gasteiger partial charge in [-0.3, -0.25) is 4.79 Å². The van der Waals surface area contributed by atoms with Crippen molar-refractivity contribution in [3.05, 3.63) is 35.4 Å². The normalized spacial score (nSPS) is 22.0. The van der Waals surface area contributed by atoms with Crippen LogP contribution < -0.4 is 10.6 Å². The van der Waals surface area contributed by atoms with Crippen molar-refractivity contribution in [1.29, 1.82) is 0 Å². The lowest BCUT2D eigenvalue weighted by Crippen LogP contribution is -2.45. The summed E-state index contributed by atoms with van der Waals surface area (Å²) in [5, 5.41) is 6.47. The van der Waals surface area contributed by atoms with Gasteiger partial charge >= 0.3 is 0 Å². The minimum atomic E-state index is -0.238. The number of carbonyl (C=O) groups is 1. The first-order valence-corrected chi connectivity index (χ1v) is 8.03. The molecule has 1 aromatic rings. The van der Waals surface area contributed by atoms with Crippen LogP contribution in [0.1, 0.15) is 51.2 Å². The van der Waals surface area contributed by atoms with Crippen LogP contribution in [0.3, 0.4) is 0 Å². The van der Waals surface area contributed by atoms with Crippen LogP contribution in [0.25, 0.3) is 0 Å². The largest absolute Gasteiger partial charge is 0.351 e. The molecule has 2 rings (SSSR count). The second kappa shape index (κ2) is 6.61. The minimum absolute atomic E-state index is 0.190. The molecule has 116 valence electrons. The van der Waals surface area contributed by atoms with Crippen LogP contribution in [0.2, 0.25) is 0 Å². The summed E-state index contributed by atoms with van der Waals surface area (Å²) in [6.07, 6.45) is 0.933. The van der Waals surface area contributed by atoms with E-state index >= 15 is 0 Å². The number of hydrogen-bond donors (Lipinski definition) is 2. The average molecular weight is 288 g/mol. The zero-order valence-corrected chi connectivity index (χ0v) is 13.7. The Morgan fingerprint density at radius 1 is 1.24 bits per heavy atom. The van der Waals surface area contributed by atoms with E-state index < -0.39 is 0 Å². The van der Waals surface area contributed by atoms with Gasteiger partial charge in [0.15, 0.2) is 0 Å². The Morgan fingerprint density at radius 3 is 2.38 bits per heavy atom. The quantitative estimate of drug-likeness (QED) is 0.874. The first-order valence-electron chi connectivity index (χ1n) is 8.03. The molecule has 0 aromatic heterocycles. The van der Waals surface area contributed by atoms with E-state index in [0.29, 0.717) is 18.4 Å². The topological polar surface area (TPSA) is 41.1 Å². The van der Waals surface area contributed by atoms with Crippen LogP contribution in [0.5, 0.6) is 0 Å². The molecule has 1 saturated heterocycles. The van der Waals surface area contributed by atoms with E-state index in [1.807, 2.05) is 0 Å². The van der Waals surface area contributed by atoms with Gasteiger partial charge in [-0.2, -0.15) is 0 Å². The minimum Gasteiger partial charge on any atom is -0.351 e. The van der Waals surface area contributed by atoms with Crippen LogP contribution in [0.4, 0.5) is 0 Å². The van der Waals surface area contributed by atoms with Crippen LogP contribution >= 0.6 is 0 Å². The van der Waals surface area contributed by atoms with Crippen LogP contribution in [0.15, 0.2) is 24.3 Å². The van der Waals surface area contributed by atoms with E-state index in [1.165, 1.54) is 5.56 Å². The molecule has 3 nitrogen and oxygen atoms in total. The molecule has 2 N–H and O–H groups in total. The van der Waals surface area contributed by atoms with Gasteiger partial charge < -0.3 is 10.6 Å². The van der Waals surface area contributed by atoms with Crippen molar-refractivity contribution < 1.29 is 4.79 Å². The monoisotopic (exact) mass is 288 g/mol. The molecule has 1 atom stereocenters. The molecule has 0 saturated carbocycles. The second-order valence-electron chi connectivity index (χ2n) is 6.82. The third kappa shape index (κ3) is 3.46. The lowest BCUT2D eigenvalue weighted by Gasteiger charge is -2.31.